The number of amides is 1. The van der Waals surface area contributed by atoms with E-state index in [1.165, 1.54) is 34.1 Å². The Labute approximate surface area is 225 Å². The van der Waals surface area contributed by atoms with E-state index in [0.29, 0.717) is 33.7 Å². The molecule has 1 aliphatic rings. The third-order valence-corrected chi connectivity index (χ3v) is 7.81. The molecule has 0 bridgehead atoms. The zero-order valence-corrected chi connectivity index (χ0v) is 21.3. The fraction of sp³-hybridized carbons (Fsp3) is 0.143. The maximum atomic E-state index is 13.4. The predicted octanol–water partition coefficient (Wildman–Crippen LogP) is 5.26. The summed E-state index contributed by atoms with van der Waals surface area (Å²) in [6.45, 7) is 0. The molecule has 10 nitrogen and oxygen atoms in total. The molecule has 0 spiro atoms. The van der Waals surface area contributed by atoms with E-state index in [0.717, 1.165) is 36.1 Å². The number of furan rings is 1. The minimum absolute atomic E-state index is 0.00839. The van der Waals surface area contributed by atoms with Gasteiger partial charge in [0, 0.05) is 28.1 Å². The number of nitro benzene ring substituents is 1. The highest BCUT2D eigenvalue weighted by molar-refractivity contribution is 7.18. The average molecular weight is 540 g/mol. The Morgan fingerprint density at radius 3 is 2.77 bits per heavy atom. The van der Waals surface area contributed by atoms with Crippen LogP contribution in [0.15, 0.2) is 81.3 Å². The van der Waals surface area contributed by atoms with Crippen molar-refractivity contribution >= 4 is 39.4 Å². The van der Waals surface area contributed by atoms with Crippen LogP contribution >= 0.6 is 11.3 Å². The maximum absolute atomic E-state index is 13.4. The van der Waals surface area contributed by atoms with Gasteiger partial charge in [-0.15, -0.1) is 11.3 Å². The van der Waals surface area contributed by atoms with Crippen LogP contribution in [-0.4, -0.2) is 26.6 Å². The maximum Gasteiger partial charge on any atom is 0.271 e. The Hall–Kier alpha value is -4.90. The fourth-order valence-corrected chi connectivity index (χ4v) is 5.89. The molecule has 0 aliphatic heterocycles. The number of thiophene rings is 1. The molecule has 0 radical (unpaired) electrons. The summed E-state index contributed by atoms with van der Waals surface area (Å²) in [6.07, 6.45) is 6.96. The number of fused-ring (bicyclic) bond motifs is 3. The second-order valence-electron chi connectivity index (χ2n) is 9.07. The Balaban J connectivity index is 1.18. The lowest BCUT2D eigenvalue weighted by Gasteiger charge is -2.11. The molecule has 3 aromatic heterocycles. The van der Waals surface area contributed by atoms with E-state index in [1.807, 2.05) is 0 Å². The minimum Gasteiger partial charge on any atom is -0.455 e. The summed E-state index contributed by atoms with van der Waals surface area (Å²) in [6, 6.07) is 16.1. The van der Waals surface area contributed by atoms with Gasteiger partial charge in [-0.3, -0.25) is 24.3 Å². The number of aromatic nitrogens is 2. The van der Waals surface area contributed by atoms with Crippen molar-refractivity contribution < 1.29 is 14.1 Å². The quantitative estimate of drug-likeness (QED) is 0.178. The summed E-state index contributed by atoms with van der Waals surface area (Å²) >= 11 is 1.60. The molecule has 0 atom stereocenters. The van der Waals surface area contributed by atoms with Crippen LogP contribution in [0.5, 0.6) is 0 Å². The summed E-state index contributed by atoms with van der Waals surface area (Å²) in [7, 11) is 0. The third-order valence-electron chi connectivity index (χ3n) is 6.61. The molecule has 3 heterocycles. The van der Waals surface area contributed by atoms with Crippen LogP contribution in [0.25, 0.3) is 27.2 Å². The van der Waals surface area contributed by atoms with Crippen molar-refractivity contribution in [1.29, 1.82) is 0 Å². The van der Waals surface area contributed by atoms with Crippen LogP contribution in [0.2, 0.25) is 0 Å². The Bertz CT molecular complexity index is 1820. The smallest absolute Gasteiger partial charge is 0.271 e. The van der Waals surface area contributed by atoms with Gasteiger partial charge in [-0.1, -0.05) is 6.07 Å². The third kappa shape index (κ3) is 4.75. The zero-order chi connectivity index (χ0) is 26.9. The molecule has 39 heavy (non-hydrogen) atoms. The number of benzene rings is 2. The molecule has 0 unspecified atom stereocenters. The van der Waals surface area contributed by atoms with Crippen molar-refractivity contribution in [3.05, 3.63) is 109 Å². The van der Waals surface area contributed by atoms with Crippen molar-refractivity contribution in [2.75, 3.05) is 0 Å². The van der Waals surface area contributed by atoms with Crippen molar-refractivity contribution in [3.63, 3.8) is 0 Å². The molecule has 1 aliphatic carbocycles. The van der Waals surface area contributed by atoms with Gasteiger partial charge >= 0.3 is 0 Å². The van der Waals surface area contributed by atoms with E-state index in [2.05, 4.69) is 15.5 Å². The van der Waals surface area contributed by atoms with Gasteiger partial charge < -0.3 is 4.42 Å². The van der Waals surface area contributed by atoms with Crippen LogP contribution in [0.1, 0.15) is 39.4 Å². The molecule has 1 N–H and O–H groups in total. The molecule has 0 saturated heterocycles. The summed E-state index contributed by atoms with van der Waals surface area (Å²) in [4.78, 5) is 43.1. The lowest BCUT2D eigenvalue weighted by atomic mass is 9.97. The molecule has 0 fully saturated rings. The number of carbonyl (C=O) groups excluding carboxylic acids is 1. The first-order valence-electron chi connectivity index (χ1n) is 12.3. The number of hydrogen-bond acceptors (Lipinski definition) is 8. The first-order chi connectivity index (χ1) is 19.0. The lowest BCUT2D eigenvalue weighted by Crippen LogP contribution is -2.21. The van der Waals surface area contributed by atoms with Crippen molar-refractivity contribution in [2.24, 2.45) is 5.10 Å². The van der Waals surface area contributed by atoms with E-state index in [-0.39, 0.29) is 11.2 Å². The van der Waals surface area contributed by atoms with E-state index in [4.69, 9.17) is 4.42 Å². The summed E-state index contributed by atoms with van der Waals surface area (Å²) in [5, 5.41) is 15.5. The SMILES string of the molecule is O=C(N/N=C/c1ccc(-c2ccc([N+](=O)[O-])cc2)o1)c1cccc(-n2cnc3sc4c(c3c2=O)CCCC4)c1. The standard InChI is InChI=1S/C28H21N5O5S/c34-26(31-30-15-21-12-13-23(38-21)17-8-10-19(11-9-17)33(36)37)18-4-3-5-20(14-18)32-16-29-27-25(28(32)35)22-6-1-2-7-24(22)39-27/h3-5,8-16H,1-2,6-7H2,(H,31,34)/b30-15+. The second-order valence-corrected chi connectivity index (χ2v) is 10.1. The number of carbonyl (C=O) groups is 1. The number of rotatable bonds is 6. The first kappa shape index (κ1) is 24.4. The highest BCUT2D eigenvalue weighted by Gasteiger charge is 2.20. The van der Waals surface area contributed by atoms with Gasteiger partial charge in [0.05, 0.1) is 22.2 Å². The van der Waals surface area contributed by atoms with Gasteiger partial charge in [0.15, 0.2) is 0 Å². The van der Waals surface area contributed by atoms with Crippen molar-refractivity contribution in [3.8, 4) is 17.0 Å². The first-order valence-corrected chi connectivity index (χ1v) is 13.1. The van der Waals surface area contributed by atoms with Crippen LogP contribution in [-0.2, 0) is 12.8 Å². The van der Waals surface area contributed by atoms with Crippen molar-refractivity contribution in [1.82, 2.24) is 15.0 Å². The fourth-order valence-electron chi connectivity index (χ4n) is 4.67. The van der Waals surface area contributed by atoms with Crippen LogP contribution in [0.4, 0.5) is 5.69 Å². The average Bonchev–Trinajstić information content (AvgIpc) is 3.58. The number of nitrogens with zero attached hydrogens (tertiary/aromatic N) is 4. The number of nitro groups is 1. The normalized spacial score (nSPS) is 13.0. The second kappa shape index (κ2) is 10.1. The predicted molar refractivity (Wildman–Crippen MR) is 148 cm³/mol. The van der Waals surface area contributed by atoms with Gasteiger partial charge in [-0.05, 0) is 73.7 Å². The summed E-state index contributed by atoms with van der Waals surface area (Å²) < 4.78 is 7.18. The monoisotopic (exact) mass is 539 g/mol. The molecule has 0 saturated carbocycles. The number of non-ortho nitro benzene ring substituents is 1. The lowest BCUT2D eigenvalue weighted by molar-refractivity contribution is -0.384. The van der Waals surface area contributed by atoms with Gasteiger partial charge in [-0.25, -0.2) is 10.4 Å². The van der Waals surface area contributed by atoms with Crippen molar-refractivity contribution in [2.45, 2.75) is 25.7 Å². The number of hydrazone groups is 1. The highest BCUT2D eigenvalue weighted by atomic mass is 32.1. The summed E-state index contributed by atoms with van der Waals surface area (Å²) in [5.41, 5.74) is 4.99. The van der Waals surface area contributed by atoms with Crippen LogP contribution in [0.3, 0.4) is 0 Å². The Morgan fingerprint density at radius 2 is 1.95 bits per heavy atom. The van der Waals surface area contributed by atoms with E-state index < -0.39 is 10.8 Å². The number of aryl methyl sites for hydroxylation is 2. The van der Waals surface area contributed by atoms with Gasteiger partial charge in [-0.2, -0.15) is 5.10 Å². The minimum atomic E-state index is -0.466. The molecular formula is C28H21N5O5S. The number of nitrogens with one attached hydrogen (secondary N) is 1. The molecular weight excluding hydrogens is 518 g/mol. The number of hydrogen-bond donors (Lipinski definition) is 1. The molecule has 2 aromatic carbocycles. The van der Waals surface area contributed by atoms with E-state index in [1.54, 1.807) is 59.9 Å². The van der Waals surface area contributed by atoms with Gasteiger partial charge in [0.25, 0.3) is 17.2 Å². The molecule has 5 aromatic rings. The topological polar surface area (TPSA) is 133 Å². The van der Waals surface area contributed by atoms with Crippen LogP contribution < -0.4 is 11.0 Å². The Kier molecular flexibility index (Phi) is 6.33. The molecule has 6 rings (SSSR count). The molecule has 11 heteroatoms. The van der Waals surface area contributed by atoms with Crippen LogP contribution in [0, 0.1) is 10.1 Å². The van der Waals surface area contributed by atoms with E-state index >= 15 is 0 Å². The van der Waals surface area contributed by atoms with Gasteiger partial charge in [0.1, 0.15) is 22.7 Å². The van der Waals surface area contributed by atoms with E-state index in [9.17, 15) is 19.7 Å². The highest BCUT2D eigenvalue weighted by Crippen LogP contribution is 2.33. The molecule has 1 amide bonds. The Morgan fingerprint density at radius 1 is 1.13 bits per heavy atom. The van der Waals surface area contributed by atoms with Gasteiger partial charge in [0.2, 0.25) is 0 Å². The zero-order valence-electron chi connectivity index (χ0n) is 20.5. The summed E-state index contributed by atoms with van der Waals surface area (Å²) in [5.74, 6) is 0.445. The molecule has 194 valence electrons. The largest absolute Gasteiger partial charge is 0.455 e.